The Morgan fingerprint density at radius 1 is 1.42 bits per heavy atom. The average Bonchev–Trinajstić information content (AvgIpc) is 2.35. The van der Waals surface area contributed by atoms with Gasteiger partial charge in [-0.15, -0.1) is 4.37 Å². The van der Waals surface area contributed by atoms with Crippen LogP contribution in [0.2, 0.25) is 5.15 Å². The lowest BCUT2D eigenvalue weighted by atomic mass is 10.3. The number of amides is 1. The van der Waals surface area contributed by atoms with E-state index in [1.165, 1.54) is 6.92 Å². The van der Waals surface area contributed by atoms with Crippen molar-refractivity contribution in [1.82, 2.24) is 8.75 Å². The fourth-order valence-corrected chi connectivity index (χ4v) is 1.84. The summed E-state index contributed by atoms with van der Waals surface area (Å²) in [6, 6.07) is 6.58. The van der Waals surface area contributed by atoms with Crippen molar-refractivity contribution in [2.75, 3.05) is 5.32 Å². The van der Waals surface area contributed by atoms with Gasteiger partial charge >= 0.3 is 0 Å². The SMILES string of the molecule is CC(=O)Nc1cccc(Oc2nsnc(Cl)c2=O)c1. The van der Waals surface area contributed by atoms with E-state index in [-0.39, 0.29) is 16.9 Å². The number of benzene rings is 1. The average molecular weight is 298 g/mol. The normalized spacial score (nSPS) is 10.0. The number of carbonyl (C=O) groups is 1. The number of nitrogens with one attached hydrogen (secondary N) is 1. The fraction of sp³-hybridized carbons (Fsp3) is 0.0909. The van der Waals surface area contributed by atoms with E-state index in [1.807, 2.05) is 0 Å². The van der Waals surface area contributed by atoms with Gasteiger partial charge in [0.15, 0.2) is 5.15 Å². The van der Waals surface area contributed by atoms with Crippen molar-refractivity contribution in [1.29, 1.82) is 0 Å². The summed E-state index contributed by atoms with van der Waals surface area (Å²) in [6.45, 7) is 1.40. The number of aromatic nitrogens is 2. The predicted molar refractivity (Wildman–Crippen MR) is 72.0 cm³/mol. The Morgan fingerprint density at radius 2 is 2.21 bits per heavy atom. The van der Waals surface area contributed by atoms with E-state index < -0.39 is 5.43 Å². The molecule has 0 fully saturated rings. The van der Waals surface area contributed by atoms with E-state index in [4.69, 9.17) is 16.3 Å². The Kier molecular flexibility index (Phi) is 4.08. The second kappa shape index (κ2) is 5.77. The van der Waals surface area contributed by atoms with Gasteiger partial charge < -0.3 is 10.1 Å². The molecule has 6 nitrogen and oxygen atoms in total. The third kappa shape index (κ3) is 3.49. The molecule has 0 unspecified atom stereocenters. The number of rotatable bonds is 3. The van der Waals surface area contributed by atoms with Crippen molar-refractivity contribution in [3.05, 3.63) is 39.6 Å². The maximum Gasteiger partial charge on any atom is 0.283 e. The molecular formula is C11H8ClN3O3S. The lowest BCUT2D eigenvalue weighted by Gasteiger charge is -2.06. The minimum Gasteiger partial charge on any atom is -0.435 e. The van der Waals surface area contributed by atoms with E-state index in [0.717, 1.165) is 11.7 Å². The summed E-state index contributed by atoms with van der Waals surface area (Å²) in [7, 11) is 0. The molecule has 2 aromatic rings. The predicted octanol–water partition coefficient (Wildman–Crippen LogP) is 2.30. The molecule has 0 atom stereocenters. The standard InChI is InChI=1S/C11H8ClN3O3S/c1-6(16)13-7-3-2-4-8(5-7)18-11-9(17)10(12)14-19-15-11/h2-5H,1H3,(H,13,16). The molecule has 0 saturated heterocycles. The lowest BCUT2D eigenvalue weighted by molar-refractivity contribution is -0.114. The van der Waals surface area contributed by atoms with E-state index in [1.54, 1.807) is 24.3 Å². The minimum absolute atomic E-state index is 0.148. The Morgan fingerprint density at radius 3 is 2.95 bits per heavy atom. The zero-order chi connectivity index (χ0) is 13.8. The first-order valence-corrected chi connectivity index (χ1v) is 6.25. The molecule has 98 valence electrons. The molecule has 19 heavy (non-hydrogen) atoms. The highest BCUT2D eigenvalue weighted by atomic mass is 35.5. The molecule has 2 rings (SSSR count). The summed E-state index contributed by atoms with van der Waals surface area (Å²) in [5.74, 6) is 0.0178. The number of halogens is 1. The van der Waals surface area contributed by atoms with Crippen LogP contribution in [0.4, 0.5) is 5.69 Å². The highest BCUT2D eigenvalue weighted by Crippen LogP contribution is 2.21. The molecule has 0 radical (unpaired) electrons. The molecular weight excluding hydrogens is 290 g/mol. The highest BCUT2D eigenvalue weighted by molar-refractivity contribution is 6.99. The van der Waals surface area contributed by atoms with E-state index in [0.29, 0.717) is 11.4 Å². The van der Waals surface area contributed by atoms with Gasteiger partial charge in [-0.2, -0.15) is 4.37 Å². The summed E-state index contributed by atoms with van der Waals surface area (Å²) in [4.78, 5) is 22.5. The van der Waals surface area contributed by atoms with Crippen LogP contribution in [0.15, 0.2) is 29.1 Å². The number of hydrogen-bond donors (Lipinski definition) is 1. The Bertz CT molecular complexity index is 674. The zero-order valence-electron chi connectivity index (χ0n) is 9.71. The summed E-state index contributed by atoms with van der Waals surface area (Å²) < 4.78 is 12.7. The molecule has 0 aliphatic rings. The van der Waals surface area contributed by atoms with E-state index >= 15 is 0 Å². The van der Waals surface area contributed by atoms with Crippen molar-refractivity contribution in [3.8, 4) is 11.6 Å². The van der Waals surface area contributed by atoms with E-state index in [2.05, 4.69) is 14.1 Å². The van der Waals surface area contributed by atoms with Gasteiger partial charge in [-0.3, -0.25) is 9.59 Å². The van der Waals surface area contributed by atoms with Crippen molar-refractivity contribution in [2.45, 2.75) is 6.92 Å². The topological polar surface area (TPSA) is 81.2 Å². The van der Waals surface area contributed by atoms with Gasteiger partial charge in [-0.1, -0.05) is 17.7 Å². The van der Waals surface area contributed by atoms with Crippen LogP contribution in [0.5, 0.6) is 11.6 Å². The quantitative estimate of drug-likeness (QED) is 0.940. The van der Waals surface area contributed by atoms with E-state index in [9.17, 15) is 9.59 Å². The van der Waals surface area contributed by atoms with Crippen LogP contribution in [-0.2, 0) is 4.79 Å². The number of carbonyl (C=O) groups excluding carboxylic acids is 1. The third-order valence-corrected chi connectivity index (χ3v) is 2.86. The van der Waals surface area contributed by atoms with Crippen LogP contribution in [0, 0.1) is 0 Å². The number of anilines is 1. The summed E-state index contributed by atoms with van der Waals surface area (Å²) >= 11 is 6.37. The first kappa shape index (κ1) is 13.4. The molecule has 1 amide bonds. The number of hydrogen-bond acceptors (Lipinski definition) is 6. The van der Waals surface area contributed by atoms with Crippen LogP contribution < -0.4 is 15.5 Å². The van der Waals surface area contributed by atoms with Crippen LogP contribution >= 0.6 is 23.3 Å². The van der Waals surface area contributed by atoms with Crippen LogP contribution in [0.1, 0.15) is 6.92 Å². The fourth-order valence-electron chi connectivity index (χ4n) is 1.28. The highest BCUT2D eigenvalue weighted by Gasteiger charge is 2.09. The molecule has 0 bridgehead atoms. The first-order valence-electron chi connectivity index (χ1n) is 5.14. The summed E-state index contributed by atoms with van der Waals surface area (Å²) in [5, 5.41) is 2.42. The molecule has 0 aliphatic heterocycles. The van der Waals surface area contributed by atoms with Crippen molar-refractivity contribution >= 4 is 34.9 Å². The first-order chi connectivity index (χ1) is 9.06. The summed E-state index contributed by atoms with van der Waals surface area (Å²) in [6.07, 6.45) is 0. The molecule has 1 aromatic carbocycles. The minimum atomic E-state index is -0.578. The molecule has 0 aliphatic carbocycles. The van der Waals surface area contributed by atoms with Gasteiger partial charge in [-0.25, -0.2) is 0 Å². The Hall–Kier alpha value is -1.99. The van der Waals surface area contributed by atoms with Crippen molar-refractivity contribution in [3.63, 3.8) is 0 Å². The molecule has 0 spiro atoms. The molecule has 1 N–H and O–H groups in total. The molecule has 1 aromatic heterocycles. The van der Waals surface area contributed by atoms with Gasteiger partial charge in [0.05, 0.1) is 11.7 Å². The van der Waals surface area contributed by atoms with Crippen LogP contribution in [-0.4, -0.2) is 14.7 Å². The smallest absolute Gasteiger partial charge is 0.283 e. The largest absolute Gasteiger partial charge is 0.435 e. The van der Waals surface area contributed by atoms with Gasteiger partial charge in [0, 0.05) is 18.7 Å². The van der Waals surface area contributed by atoms with Crippen LogP contribution in [0.3, 0.4) is 0 Å². The molecule has 8 heteroatoms. The van der Waals surface area contributed by atoms with Gasteiger partial charge in [0.25, 0.3) is 11.3 Å². The molecule has 1 heterocycles. The Balaban J connectivity index is 2.26. The maximum atomic E-state index is 11.6. The van der Waals surface area contributed by atoms with Crippen molar-refractivity contribution in [2.24, 2.45) is 0 Å². The third-order valence-electron chi connectivity index (χ3n) is 2.00. The lowest BCUT2D eigenvalue weighted by Crippen LogP contribution is -2.08. The van der Waals surface area contributed by atoms with Crippen LogP contribution in [0.25, 0.3) is 0 Å². The van der Waals surface area contributed by atoms with Crippen molar-refractivity contribution < 1.29 is 9.53 Å². The number of nitrogens with zero attached hydrogens (tertiary/aromatic N) is 2. The summed E-state index contributed by atoms with van der Waals surface area (Å²) in [5.41, 5.74) is -0.0216. The zero-order valence-corrected chi connectivity index (χ0v) is 11.3. The second-order valence-corrected chi connectivity index (χ2v) is 4.39. The number of ether oxygens (including phenoxy) is 1. The van der Waals surface area contributed by atoms with Gasteiger partial charge in [0.2, 0.25) is 5.91 Å². The molecule has 0 saturated carbocycles. The Labute approximate surface area is 117 Å². The van der Waals surface area contributed by atoms with Gasteiger partial charge in [0.1, 0.15) is 5.75 Å². The monoisotopic (exact) mass is 297 g/mol. The maximum absolute atomic E-state index is 11.6. The van der Waals surface area contributed by atoms with Gasteiger partial charge in [-0.05, 0) is 12.1 Å². The second-order valence-electron chi connectivity index (χ2n) is 3.50.